The average Bonchev–Trinajstić information content (AvgIpc) is 3.09. The van der Waals surface area contributed by atoms with Gasteiger partial charge in [-0.25, -0.2) is 4.98 Å². The highest BCUT2D eigenvalue weighted by Gasteiger charge is 2.10. The number of carbonyl (C=O) groups excluding carboxylic acids is 1. The molecule has 0 saturated heterocycles. The highest BCUT2D eigenvalue weighted by Crippen LogP contribution is 2.28. The summed E-state index contributed by atoms with van der Waals surface area (Å²) in [7, 11) is 1.62. The predicted octanol–water partition coefficient (Wildman–Crippen LogP) is 5.25. The maximum atomic E-state index is 12.1. The molecule has 0 saturated carbocycles. The Morgan fingerprint density at radius 1 is 1.27 bits per heavy atom. The summed E-state index contributed by atoms with van der Waals surface area (Å²) in [6.07, 6.45) is 0. The number of amides is 1. The molecule has 1 aromatic heterocycles. The van der Waals surface area contributed by atoms with E-state index in [-0.39, 0.29) is 12.5 Å². The number of anilines is 1. The molecule has 2 aromatic carbocycles. The van der Waals surface area contributed by atoms with Crippen LogP contribution in [0, 0.1) is 0 Å². The SMILES string of the molecule is COc1ccc(-c2csc(NC(=O)COc3ccc(Cl)cc3Br)n2)cc1. The van der Waals surface area contributed by atoms with Crippen molar-refractivity contribution in [2.45, 2.75) is 0 Å². The van der Waals surface area contributed by atoms with Crippen molar-refractivity contribution in [1.82, 2.24) is 4.98 Å². The molecule has 134 valence electrons. The van der Waals surface area contributed by atoms with Gasteiger partial charge in [0.05, 0.1) is 17.3 Å². The van der Waals surface area contributed by atoms with Crippen LogP contribution in [0.1, 0.15) is 0 Å². The molecule has 1 amide bonds. The minimum absolute atomic E-state index is 0.127. The van der Waals surface area contributed by atoms with Crippen LogP contribution in [0.5, 0.6) is 11.5 Å². The zero-order chi connectivity index (χ0) is 18.5. The second-order valence-electron chi connectivity index (χ2n) is 5.18. The molecule has 0 aliphatic heterocycles. The van der Waals surface area contributed by atoms with Crippen LogP contribution in [0.25, 0.3) is 11.3 Å². The summed E-state index contributed by atoms with van der Waals surface area (Å²) < 4.78 is 11.3. The molecule has 3 aromatic rings. The second kappa shape index (κ2) is 8.53. The van der Waals surface area contributed by atoms with Gasteiger partial charge >= 0.3 is 0 Å². The summed E-state index contributed by atoms with van der Waals surface area (Å²) in [5.74, 6) is 1.04. The Hall–Kier alpha value is -2.09. The van der Waals surface area contributed by atoms with Gasteiger partial charge in [-0.15, -0.1) is 11.3 Å². The third-order valence-electron chi connectivity index (χ3n) is 3.39. The highest BCUT2D eigenvalue weighted by molar-refractivity contribution is 9.10. The lowest BCUT2D eigenvalue weighted by Crippen LogP contribution is -2.20. The van der Waals surface area contributed by atoms with E-state index in [1.165, 1.54) is 11.3 Å². The van der Waals surface area contributed by atoms with E-state index in [1.54, 1.807) is 25.3 Å². The van der Waals surface area contributed by atoms with Crippen LogP contribution in [-0.2, 0) is 4.79 Å². The van der Waals surface area contributed by atoms with Crippen molar-refractivity contribution in [1.29, 1.82) is 0 Å². The van der Waals surface area contributed by atoms with Gasteiger partial charge in [-0.2, -0.15) is 0 Å². The second-order valence-corrected chi connectivity index (χ2v) is 7.33. The lowest BCUT2D eigenvalue weighted by Gasteiger charge is -2.07. The van der Waals surface area contributed by atoms with Crippen molar-refractivity contribution in [2.24, 2.45) is 0 Å². The van der Waals surface area contributed by atoms with Gasteiger partial charge in [0.15, 0.2) is 11.7 Å². The van der Waals surface area contributed by atoms with Gasteiger partial charge in [-0.3, -0.25) is 10.1 Å². The van der Waals surface area contributed by atoms with Crippen LogP contribution in [0.4, 0.5) is 5.13 Å². The molecule has 0 aliphatic carbocycles. The first-order chi connectivity index (χ1) is 12.5. The number of ether oxygens (including phenoxy) is 2. The third-order valence-corrected chi connectivity index (χ3v) is 5.00. The Bertz CT molecular complexity index is 915. The molecular formula is C18H14BrClN2O3S. The maximum absolute atomic E-state index is 12.1. The average molecular weight is 454 g/mol. The third kappa shape index (κ3) is 4.75. The molecule has 0 spiro atoms. The van der Waals surface area contributed by atoms with Crippen molar-refractivity contribution in [3.8, 4) is 22.8 Å². The first kappa shape index (κ1) is 18.7. The number of nitrogens with zero attached hydrogens (tertiary/aromatic N) is 1. The summed E-state index contributed by atoms with van der Waals surface area (Å²) in [4.78, 5) is 16.5. The molecule has 1 heterocycles. The van der Waals surface area contributed by atoms with E-state index in [2.05, 4.69) is 26.2 Å². The minimum Gasteiger partial charge on any atom is -0.497 e. The summed E-state index contributed by atoms with van der Waals surface area (Å²) in [6.45, 7) is -0.127. The van der Waals surface area contributed by atoms with Gasteiger partial charge in [-0.05, 0) is 58.4 Å². The molecule has 0 radical (unpaired) electrons. The monoisotopic (exact) mass is 452 g/mol. The molecule has 0 fully saturated rings. The summed E-state index contributed by atoms with van der Waals surface area (Å²) in [5.41, 5.74) is 1.73. The molecule has 26 heavy (non-hydrogen) atoms. The highest BCUT2D eigenvalue weighted by atomic mass is 79.9. The van der Waals surface area contributed by atoms with E-state index >= 15 is 0 Å². The first-order valence-corrected chi connectivity index (χ1v) is 9.58. The van der Waals surface area contributed by atoms with Gasteiger partial charge in [0, 0.05) is 16.0 Å². The largest absolute Gasteiger partial charge is 0.497 e. The zero-order valence-electron chi connectivity index (χ0n) is 13.7. The number of aromatic nitrogens is 1. The standard InChI is InChI=1S/C18H14BrClN2O3S/c1-24-13-5-2-11(3-6-13)15-10-26-18(21-15)22-17(23)9-25-16-7-4-12(20)8-14(16)19/h2-8,10H,9H2,1H3,(H,21,22,23). The smallest absolute Gasteiger partial charge is 0.264 e. The normalized spacial score (nSPS) is 10.4. The number of halogens is 2. The predicted molar refractivity (Wildman–Crippen MR) is 107 cm³/mol. The van der Waals surface area contributed by atoms with Crippen LogP contribution >= 0.6 is 38.9 Å². The van der Waals surface area contributed by atoms with Crippen molar-refractivity contribution in [3.05, 3.63) is 57.3 Å². The van der Waals surface area contributed by atoms with Gasteiger partial charge in [0.25, 0.3) is 5.91 Å². The Labute approximate surface area is 168 Å². The molecule has 1 N–H and O–H groups in total. The quantitative estimate of drug-likeness (QED) is 0.553. The lowest BCUT2D eigenvalue weighted by molar-refractivity contribution is -0.118. The maximum Gasteiger partial charge on any atom is 0.264 e. The Kier molecular flexibility index (Phi) is 6.13. The number of rotatable bonds is 6. The van der Waals surface area contributed by atoms with Crippen LogP contribution in [0.2, 0.25) is 5.02 Å². The van der Waals surface area contributed by atoms with Gasteiger partial charge in [0.1, 0.15) is 11.5 Å². The fourth-order valence-electron chi connectivity index (χ4n) is 2.12. The van der Waals surface area contributed by atoms with E-state index in [4.69, 9.17) is 21.1 Å². The number of benzene rings is 2. The lowest BCUT2D eigenvalue weighted by atomic mass is 10.2. The Morgan fingerprint density at radius 2 is 2.04 bits per heavy atom. The van der Waals surface area contributed by atoms with Crippen LogP contribution in [0.15, 0.2) is 52.3 Å². The number of nitrogens with one attached hydrogen (secondary N) is 1. The molecule has 0 atom stereocenters. The first-order valence-electron chi connectivity index (χ1n) is 7.53. The minimum atomic E-state index is -0.289. The molecule has 3 rings (SSSR count). The van der Waals surface area contributed by atoms with E-state index in [9.17, 15) is 4.79 Å². The fourth-order valence-corrected chi connectivity index (χ4v) is 3.65. The Balaban J connectivity index is 1.58. The zero-order valence-corrected chi connectivity index (χ0v) is 16.8. The van der Waals surface area contributed by atoms with Crippen LogP contribution < -0.4 is 14.8 Å². The van der Waals surface area contributed by atoms with E-state index in [0.29, 0.717) is 20.4 Å². The van der Waals surface area contributed by atoms with Crippen LogP contribution in [-0.4, -0.2) is 24.6 Å². The fraction of sp³-hybridized carbons (Fsp3) is 0.111. The van der Waals surface area contributed by atoms with Crippen molar-refractivity contribution in [3.63, 3.8) is 0 Å². The number of methoxy groups -OCH3 is 1. The molecule has 5 nitrogen and oxygen atoms in total. The Morgan fingerprint density at radius 3 is 2.73 bits per heavy atom. The van der Waals surface area contributed by atoms with E-state index in [1.807, 2.05) is 29.6 Å². The molecule has 0 unspecified atom stereocenters. The number of carbonyl (C=O) groups is 1. The summed E-state index contributed by atoms with van der Waals surface area (Å²) in [6, 6.07) is 12.7. The number of hydrogen-bond acceptors (Lipinski definition) is 5. The molecule has 0 bridgehead atoms. The van der Waals surface area contributed by atoms with Gasteiger partial charge in [0.2, 0.25) is 0 Å². The number of thiazole rings is 1. The summed E-state index contributed by atoms with van der Waals surface area (Å²) >= 11 is 10.6. The van der Waals surface area contributed by atoms with Crippen molar-refractivity contribution < 1.29 is 14.3 Å². The van der Waals surface area contributed by atoms with E-state index < -0.39 is 0 Å². The molecule has 0 aliphatic rings. The topological polar surface area (TPSA) is 60.5 Å². The van der Waals surface area contributed by atoms with Gasteiger partial charge in [-0.1, -0.05) is 11.6 Å². The molecular weight excluding hydrogens is 440 g/mol. The summed E-state index contributed by atoms with van der Waals surface area (Å²) in [5, 5.41) is 5.72. The van der Waals surface area contributed by atoms with Crippen molar-refractivity contribution in [2.75, 3.05) is 19.0 Å². The number of hydrogen-bond donors (Lipinski definition) is 1. The molecule has 8 heteroatoms. The van der Waals surface area contributed by atoms with Crippen molar-refractivity contribution >= 4 is 49.9 Å². The van der Waals surface area contributed by atoms with E-state index in [0.717, 1.165) is 17.0 Å². The van der Waals surface area contributed by atoms with Gasteiger partial charge < -0.3 is 9.47 Å². The van der Waals surface area contributed by atoms with Crippen LogP contribution in [0.3, 0.4) is 0 Å².